The third-order valence-corrected chi connectivity index (χ3v) is 19.0. The molecule has 8 heterocycles. The van der Waals surface area contributed by atoms with Crippen molar-refractivity contribution in [2.45, 2.75) is 141 Å². The van der Waals surface area contributed by atoms with Gasteiger partial charge in [0.25, 0.3) is 6.43 Å². The molecule has 0 radical (unpaired) electrons. The van der Waals surface area contributed by atoms with Crippen molar-refractivity contribution in [1.29, 1.82) is 5.26 Å². The molecule has 390 valence electrons. The summed E-state index contributed by atoms with van der Waals surface area (Å²) < 4.78 is 40.1. The van der Waals surface area contributed by atoms with Crippen LogP contribution in [0.3, 0.4) is 0 Å². The molecule has 14 nitrogen and oxygen atoms in total. The summed E-state index contributed by atoms with van der Waals surface area (Å²) in [5.41, 5.74) is 7.62. The van der Waals surface area contributed by atoms with Crippen molar-refractivity contribution in [2.24, 2.45) is 17.9 Å². The minimum absolute atomic E-state index is 0.00918. The van der Waals surface area contributed by atoms with E-state index in [1.54, 1.807) is 37.1 Å². The molecule has 3 saturated heterocycles. The van der Waals surface area contributed by atoms with Crippen molar-refractivity contribution in [2.75, 3.05) is 67.1 Å². The van der Waals surface area contributed by atoms with Crippen molar-refractivity contribution >= 4 is 40.5 Å². The van der Waals surface area contributed by atoms with E-state index < -0.39 is 6.43 Å². The zero-order valence-electron chi connectivity index (χ0n) is 43.0. The van der Waals surface area contributed by atoms with Crippen molar-refractivity contribution in [3.63, 3.8) is 0 Å². The monoisotopic (exact) mass is 1030 g/mol. The number of aryl methyl sites for hydroxylation is 2. The number of anilines is 4. The van der Waals surface area contributed by atoms with Gasteiger partial charge in [-0.05, 0) is 168 Å². The number of alkyl halides is 2. The van der Waals surface area contributed by atoms with Gasteiger partial charge in [-0.25, -0.2) is 8.78 Å². The molecule has 74 heavy (non-hydrogen) atoms. The van der Waals surface area contributed by atoms with Crippen LogP contribution in [0.15, 0.2) is 54.9 Å². The van der Waals surface area contributed by atoms with Crippen LogP contribution in [0.2, 0.25) is 5.02 Å². The Morgan fingerprint density at radius 3 is 2.27 bits per heavy atom. The summed E-state index contributed by atoms with van der Waals surface area (Å²) >= 11 is 6.37. The van der Waals surface area contributed by atoms with Crippen LogP contribution in [0.25, 0.3) is 11.1 Å². The summed E-state index contributed by atoms with van der Waals surface area (Å²) in [4.78, 5) is 24.4. The van der Waals surface area contributed by atoms with Crippen LogP contribution in [-0.2, 0) is 31.2 Å². The standard InChI is InChI=1S/C57H69ClF2N12O2/c1-38(73)69-24-15-50-48(36-69)55(71-23-3-4-39-30-46(41-34-62-66(2)35-41)47(54(59)60)32-51(39)71)65-72(50)43-13-16-56(17-14-43)18-25-67(26-19-56)42-7-9-45(10-8-42)74-53-12-11-52(63-64-53)68-27-20-57(21-28-68)22-29-70(37-57)44-6-5-40(33-61)49(58)31-44/h5-6,11-12,30-32,34-35,42-43,45,54H,3-4,7-10,13-29,36-37H2,1-2H3. The summed E-state index contributed by atoms with van der Waals surface area (Å²) in [5.74, 6) is 2.42. The number of ether oxygens (including phenoxy) is 1. The molecule has 0 bridgehead atoms. The van der Waals surface area contributed by atoms with Gasteiger partial charge in [0.1, 0.15) is 12.2 Å². The largest absolute Gasteiger partial charge is 0.473 e. The Hall–Kier alpha value is -5.79. The summed E-state index contributed by atoms with van der Waals surface area (Å²) in [6.07, 6.45) is 18.1. The van der Waals surface area contributed by atoms with Gasteiger partial charge < -0.3 is 29.2 Å². The molecule has 0 atom stereocenters. The van der Waals surface area contributed by atoms with Gasteiger partial charge >= 0.3 is 0 Å². The van der Waals surface area contributed by atoms with Gasteiger partial charge in [0.15, 0.2) is 11.6 Å². The topological polar surface area (TPSA) is 128 Å². The number of benzene rings is 2. The number of nitriles is 1. The maximum absolute atomic E-state index is 14.8. The van der Waals surface area contributed by atoms with Gasteiger partial charge in [0.2, 0.25) is 11.8 Å². The number of nitrogens with zero attached hydrogens (tertiary/aromatic N) is 12. The van der Waals surface area contributed by atoms with Gasteiger partial charge in [-0.1, -0.05) is 11.6 Å². The van der Waals surface area contributed by atoms with Crippen LogP contribution in [0.5, 0.6) is 5.88 Å². The maximum Gasteiger partial charge on any atom is 0.264 e. The van der Waals surface area contributed by atoms with Crippen molar-refractivity contribution in [3.05, 3.63) is 87.8 Å². The maximum atomic E-state index is 14.8. The normalized spacial score (nSPS) is 23.1. The molecule has 0 unspecified atom stereocenters. The third kappa shape index (κ3) is 9.49. The highest BCUT2D eigenvalue weighted by atomic mass is 35.5. The van der Waals surface area contributed by atoms with E-state index in [4.69, 9.17) is 21.4 Å². The molecule has 0 N–H and O–H groups in total. The molecule has 5 aliphatic heterocycles. The fourth-order valence-electron chi connectivity index (χ4n) is 14.2. The van der Waals surface area contributed by atoms with Crippen LogP contribution < -0.4 is 19.4 Å². The number of piperidine rings is 2. The lowest BCUT2D eigenvalue weighted by molar-refractivity contribution is -0.129. The molecule has 2 aliphatic carbocycles. The number of fused-ring (bicyclic) bond motifs is 2. The molecule has 17 heteroatoms. The number of carbonyl (C=O) groups excluding carboxylic acids is 1. The molecule has 12 rings (SSSR count). The van der Waals surface area contributed by atoms with Crippen LogP contribution in [0, 0.1) is 22.2 Å². The van der Waals surface area contributed by atoms with Gasteiger partial charge in [-0.2, -0.15) is 15.5 Å². The zero-order chi connectivity index (χ0) is 50.7. The van der Waals surface area contributed by atoms with Gasteiger partial charge in [0.05, 0.1) is 29.4 Å². The van der Waals surface area contributed by atoms with E-state index in [0.29, 0.717) is 58.7 Å². The lowest BCUT2D eigenvalue weighted by Crippen LogP contribution is -2.48. The van der Waals surface area contributed by atoms with Crippen molar-refractivity contribution < 1.29 is 18.3 Å². The number of halogens is 3. The highest BCUT2D eigenvalue weighted by Crippen LogP contribution is 2.50. The highest BCUT2D eigenvalue weighted by molar-refractivity contribution is 6.32. The Kier molecular flexibility index (Phi) is 13.3. The molecule has 5 fully saturated rings. The minimum Gasteiger partial charge on any atom is -0.473 e. The van der Waals surface area contributed by atoms with E-state index in [0.717, 1.165) is 150 Å². The predicted octanol–water partition coefficient (Wildman–Crippen LogP) is 10.6. The van der Waals surface area contributed by atoms with Crippen LogP contribution >= 0.6 is 11.6 Å². The molecular formula is C57H69ClF2N12O2. The first kappa shape index (κ1) is 49.1. The van der Waals surface area contributed by atoms with E-state index in [9.17, 15) is 18.8 Å². The second-order valence-electron chi connectivity index (χ2n) is 22.9. The van der Waals surface area contributed by atoms with Crippen molar-refractivity contribution in [3.8, 4) is 23.1 Å². The highest BCUT2D eigenvalue weighted by Gasteiger charge is 2.44. The molecule has 3 aromatic heterocycles. The Balaban J connectivity index is 0.630. The number of carbonyl (C=O) groups is 1. The molecule has 2 spiro atoms. The summed E-state index contributed by atoms with van der Waals surface area (Å²) in [6.45, 7) is 9.70. The molecule has 2 aromatic carbocycles. The SMILES string of the molecule is CC(=O)N1CCc2c(c(N3CCCc4cc(-c5cnn(C)c5)c(C(F)F)cc43)nn2C2CCC3(CC2)CCN(C2CCC(Oc4ccc(N5CCC6(CCN(c7ccc(C#N)c(Cl)c7)C6)CC5)nn4)CC2)CC3)C1. The van der Waals surface area contributed by atoms with Gasteiger partial charge in [-0.3, -0.25) is 14.2 Å². The zero-order valence-corrected chi connectivity index (χ0v) is 43.8. The Morgan fingerprint density at radius 1 is 0.838 bits per heavy atom. The second-order valence-corrected chi connectivity index (χ2v) is 23.3. The first-order chi connectivity index (χ1) is 35.9. The first-order valence-electron chi connectivity index (χ1n) is 27.4. The Bertz CT molecular complexity index is 2900. The van der Waals surface area contributed by atoms with E-state index in [-0.39, 0.29) is 29.0 Å². The lowest BCUT2D eigenvalue weighted by Gasteiger charge is -2.48. The van der Waals surface area contributed by atoms with Crippen LogP contribution in [0.1, 0.15) is 137 Å². The summed E-state index contributed by atoms with van der Waals surface area (Å²) in [5, 5.41) is 28.7. The second kappa shape index (κ2) is 20.1. The minimum atomic E-state index is -2.64. The summed E-state index contributed by atoms with van der Waals surface area (Å²) in [6, 6.07) is 16.5. The predicted molar refractivity (Wildman–Crippen MR) is 282 cm³/mol. The molecule has 7 aliphatic rings. The molecule has 5 aromatic rings. The number of amides is 1. The smallest absolute Gasteiger partial charge is 0.264 e. The Labute approximate surface area is 438 Å². The lowest BCUT2D eigenvalue weighted by atomic mass is 9.66. The molecule has 2 saturated carbocycles. The molecule has 1 amide bonds. The fraction of sp³-hybridized carbons (Fsp3) is 0.579. The number of aromatic nitrogens is 6. The number of hydrogen-bond donors (Lipinski definition) is 0. The van der Waals surface area contributed by atoms with Crippen molar-refractivity contribution in [1.82, 2.24) is 39.6 Å². The average molecular weight is 1030 g/mol. The quantitative estimate of drug-likeness (QED) is 0.140. The summed E-state index contributed by atoms with van der Waals surface area (Å²) in [7, 11) is 1.80. The molecular weight excluding hydrogens is 958 g/mol. The van der Waals surface area contributed by atoms with Crippen LogP contribution in [-0.4, -0.2) is 110 Å². The Morgan fingerprint density at radius 2 is 1.59 bits per heavy atom. The van der Waals surface area contributed by atoms with E-state index >= 15 is 0 Å². The van der Waals surface area contributed by atoms with E-state index in [1.165, 1.54) is 31.4 Å². The number of likely N-dealkylation sites (tertiary alicyclic amines) is 1. The first-order valence-corrected chi connectivity index (χ1v) is 27.8. The number of hydrogen-bond acceptors (Lipinski definition) is 11. The third-order valence-electron chi connectivity index (χ3n) is 18.7. The van der Waals surface area contributed by atoms with Gasteiger partial charge in [0, 0.05) is 112 Å². The fourth-order valence-corrected chi connectivity index (χ4v) is 14.4. The van der Waals surface area contributed by atoms with E-state index in [2.05, 4.69) is 51.7 Å². The number of rotatable bonds is 9. The van der Waals surface area contributed by atoms with Gasteiger partial charge in [-0.15, -0.1) is 10.2 Å². The van der Waals surface area contributed by atoms with E-state index in [1.807, 2.05) is 35.2 Å². The van der Waals surface area contributed by atoms with Crippen LogP contribution in [0.4, 0.5) is 31.8 Å². The average Bonchev–Trinajstić information content (AvgIpc) is 4.17.